The third kappa shape index (κ3) is 5.57. The van der Waals surface area contributed by atoms with Gasteiger partial charge in [-0.05, 0) is 78.5 Å². The lowest BCUT2D eigenvalue weighted by Crippen LogP contribution is -2.39. The van der Waals surface area contributed by atoms with Crippen LogP contribution < -0.4 is 5.43 Å². The van der Waals surface area contributed by atoms with Crippen LogP contribution >= 0.6 is 22.6 Å². The molecule has 0 bridgehead atoms. The highest BCUT2D eigenvalue weighted by atomic mass is 127. The molecule has 2 rings (SSSR count). The molecule has 1 aromatic carbocycles. The molecule has 0 aliphatic heterocycles. The van der Waals surface area contributed by atoms with Gasteiger partial charge >= 0.3 is 5.97 Å². The molecule has 0 amide bonds. The van der Waals surface area contributed by atoms with E-state index in [1.807, 2.05) is 40.3 Å². The molecule has 0 aliphatic rings. The molecule has 0 unspecified atom stereocenters. The van der Waals surface area contributed by atoms with Gasteiger partial charge in [-0.2, -0.15) is 0 Å². The Kier molecular flexibility index (Phi) is 8.13. The summed E-state index contributed by atoms with van der Waals surface area (Å²) in [7, 11) is -2.40. The van der Waals surface area contributed by atoms with Gasteiger partial charge in [-0.25, -0.2) is 9.18 Å². The first-order valence-corrected chi connectivity index (χ1v) is 14.7. The Morgan fingerprint density at radius 1 is 1.32 bits per heavy atom. The fraction of sp³-hybridized carbons (Fsp3) is 0.565. The fourth-order valence-electron chi connectivity index (χ4n) is 3.58. The molecule has 31 heavy (non-hydrogen) atoms. The maximum Gasteiger partial charge on any atom is 0.343 e. The highest BCUT2D eigenvalue weighted by Gasteiger charge is 2.38. The Balaban J connectivity index is 2.71. The van der Waals surface area contributed by atoms with Crippen LogP contribution in [0.5, 0.6) is 0 Å². The topological polar surface area (TPSA) is 68.5 Å². The fourth-order valence-corrected chi connectivity index (χ4v) is 4.80. The predicted octanol–water partition coefficient (Wildman–Crippen LogP) is 5.88. The quantitative estimate of drug-likeness (QED) is 0.249. The van der Waals surface area contributed by atoms with Gasteiger partial charge in [0.2, 0.25) is 5.43 Å². The van der Waals surface area contributed by atoms with E-state index in [0.29, 0.717) is 14.5 Å². The van der Waals surface area contributed by atoms with Gasteiger partial charge in [0.1, 0.15) is 11.4 Å². The SMILES string of the molecule is CCOC(=O)c1cn([C@@H](CCC(C)(C)[Si](C)(C)O)C(C)C)c2cc(F)c(I)cc2c1=O. The summed E-state index contributed by atoms with van der Waals surface area (Å²) in [4.78, 5) is 36.2. The predicted molar refractivity (Wildman–Crippen MR) is 134 cm³/mol. The van der Waals surface area contributed by atoms with Crippen LogP contribution in [-0.4, -0.2) is 30.3 Å². The first-order valence-electron chi connectivity index (χ1n) is 10.6. The third-order valence-corrected chi connectivity index (χ3v) is 10.8. The third-order valence-electron chi connectivity index (χ3n) is 6.42. The van der Waals surface area contributed by atoms with Crippen molar-refractivity contribution < 1.29 is 18.7 Å². The molecular formula is C23H33FINO4Si. The van der Waals surface area contributed by atoms with E-state index in [0.717, 1.165) is 12.8 Å². The molecular weight excluding hydrogens is 528 g/mol. The number of ether oxygens (including phenoxy) is 1. The van der Waals surface area contributed by atoms with Crippen molar-refractivity contribution in [2.75, 3.05) is 6.61 Å². The molecule has 1 aromatic heterocycles. The number of carbonyl (C=O) groups excluding carboxylic acids is 1. The number of benzene rings is 1. The highest BCUT2D eigenvalue weighted by Crippen LogP contribution is 2.42. The minimum Gasteiger partial charge on any atom is -0.462 e. The van der Waals surface area contributed by atoms with Crippen LogP contribution in [0.4, 0.5) is 4.39 Å². The number of hydrogen-bond donors (Lipinski definition) is 1. The molecule has 0 radical (unpaired) electrons. The van der Waals surface area contributed by atoms with E-state index in [2.05, 4.69) is 27.7 Å². The second-order valence-electron chi connectivity index (χ2n) is 9.58. The zero-order valence-electron chi connectivity index (χ0n) is 19.4. The van der Waals surface area contributed by atoms with E-state index in [-0.39, 0.29) is 29.2 Å². The summed E-state index contributed by atoms with van der Waals surface area (Å²) in [5.74, 6) is -0.923. The van der Waals surface area contributed by atoms with Gasteiger partial charge in [0.25, 0.3) is 0 Å². The lowest BCUT2D eigenvalue weighted by atomic mass is 9.93. The van der Waals surface area contributed by atoms with Crippen LogP contribution in [0.1, 0.15) is 63.9 Å². The zero-order chi connectivity index (χ0) is 23.7. The van der Waals surface area contributed by atoms with Crippen LogP contribution in [0, 0.1) is 15.3 Å². The van der Waals surface area contributed by atoms with Gasteiger partial charge in [-0.3, -0.25) is 4.79 Å². The number of pyridine rings is 1. The van der Waals surface area contributed by atoms with Gasteiger partial charge < -0.3 is 14.1 Å². The first kappa shape index (κ1) is 26.0. The molecule has 1 N–H and O–H groups in total. The van der Waals surface area contributed by atoms with Crippen LogP contribution in [0.2, 0.25) is 18.1 Å². The van der Waals surface area contributed by atoms with Crippen molar-refractivity contribution >= 4 is 47.8 Å². The molecule has 5 nitrogen and oxygen atoms in total. The molecule has 0 saturated carbocycles. The Morgan fingerprint density at radius 3 is 2.45 bits per heavy atom. The Morgan fingerprint density at radius 2 is 1.94 bits per heavy atom. The maximum atomic E-state index is 14.5. The lowest BCUT2D eigenvalue weighted by molar-refractivity contribution is 0.0523. The summed E-state index contributed by atoms with van der Waals surface area (Å²) in [6.45, 7) is 14.0. The molecule has 172 valence electrons. The van der Waals surface area contributed by atoms with E-state index in [4.69, 9.17) is 4.74 Å². The molecule has 0 fully saturated rings. The summed E-state index contributed by atoms with van der Waals surface area (Å²) in [5.41, 5.74) is -0.0270. The van der Waals surface area contributed by atoms with Crippen molar-refractivity contribution in [1.29, 1.82) is 0 Å². The number of aromatic nitrogens is 1. The molecule has 0 spiro atoms. The van der Waals surface area contributed by atoms with Crippen LogP contribution in [-0.2, 0) is 4.74 Å². The van der Waals surface area contributed by atoms with Crippen molar-refractivity contribution in [3.8, 4) is 0 Å². The van der Waals surface area contributed by atoms with Gasteiger partial charge in [0, 0.05) is 21.2 Å². The van der Waals surface area contributed by atoms with Crippen LogP contribution in [0.25, 0.3) is 10.9 Å². The standard InChI is InChI=1S/C23H33FINO4Si/c1-8-30-22(28)16-13-26(20-12-17(24)18(25)11-15(20)21(16)27)19(14(2)3)9-10-23(4,5)31(6,7)29/h11-14,19,29H,8-10H2,1-7H3/t19-/m0/s1. The summed E-state index contributed by atoms with van der Waals surface area (Å²) >= 11 is 1.85. The molecule has 1 heterocycles. The lowest BCUT2D eigenvalue weighted by Gasteiger charge is -2.37. The van der Waals surface area contributed by atoms with E-state index in [1.165, 1.54) is 18.3 Å². The van der Waals surface area contributed by atoms with E-state index in [9.17, 15) is 18.8 Å². The molecule has 8 heteroatoms. The molecule has 2 aromatic rings. The van der Waals surface area contributed by atoms with Gasteiger partial charge in [0.15, 0.2) is 8.32 Å². The summed E-state index contributed by atoms with van der Waals surface area (Å²) in [6.07, 6.45) is 3.00. The number of rotatable bonds is 8. The molecule has 0 aliphatic carbocycles. The number of halogens is 2. The minimum absolute atomic E-state index is 0.0430. The van der Waals surface area contributed by atoms with Crippen LogP contribution in [0.3, 0.4) is 0 Å². The number of carbonyl (C=O) groups is 1. The van der Waals surface area contributed by atoms with E-state index in [1.54, 1.807) is 6.92 Å². The van der Waals surface area contributed by atoms with Crippen molar-refractivity contribution in [3.05, 3.63) is 43.5 Å². The van der Waals surface area contributed by atoms with Crippen LogP contribution in [0.15, 0.2) is 23.1 Å². The summed E-state index contributed by atoms with van der Waals surface area (Å²) < 4.78 is 21.8. The van der Waals surface area contributed by atoms with Gasteiger partial charge in [0.05, 0.1) is 12.1 Å². The second-order valence-corrected chi connectivity index (χ2v) is 15.2. The Hall–Kier alpha value is -1.26. The zero-order valence-corrected chi connectivity index (χ0v) is 22.5. The average molecular weight is 562 g/mol. The summed E-state index contributed by atoms with van der Waals surface area (Å²) in [5, 5.41) is 0.0812. The van der Waals surface area contributed by atoms with Gasteiger partial charge in [-0.15, -0.1) is 0 Å². The largest absolute Gasteiger partial charge is 0.462 e. The Labute approximate surface area is 198 Å². The first-order chi connectivity index (χ1) is 14.2. The second kappa shape index (κ2) is 9.70. The van der Waals surface area contributed by atoms with Crippen molar-refractivity contribution in [2.45, 2.75) is 71.6 Å². The Bertz CT molecular complexity index is 1030. The molecule has 1 atom stereocenters. The average Bonchev–Trinajstić information content (AvgIpc) is 2.64. The monoisotopic (exact) mass is 561 g/mol. The summed E-state index contributed by atoms with van der Waals surface area (Å²) in [6, 6.07) is 2.78. The highest BCUT2D eigenvalue weighted by molar-refractivity contribution is 14.1. The number of esters is 1. The number of fused-ring (bicyclic) bond motifs is 1. The molecule has 0 saturated heterocycles. The maximum absolute atomic E-state index is 14.5. The van der Waals surface area contributed by atoms with Crippen molar-refractivity contribution in [2.24, 2.45) is 5.92 Å². The van der Waals surface area contributed by atoms with Gasteiger partial charge in [-0.1, -0.05) is 27.7 Å². The van der Waals surface area contributed by atoms with E-state index < -0.39 is 25.5 Å². The smallest absolute Gasteiger partial charge is 0.343 e. The van der Waals surface area contributed by atoms with E-state index >= 15 is 0 Å². The van der Waals surface area contributed by atoms with Crippen molar-refractivity contribution in [3.63, 3.8) is 0 Å². The van der Waals surface area contributed by atoms with Crippen molar-refractivity contribution in [1.82, 2.24) is 4.57 Å². The minimum atomic E-state index is -2.40. The number of hydrogen-bond acceptors (Lipinski definition) is 4. The number of nitrogens with zero attached hydrogens (tertiary/aromatic N) is 1. The normalized spacial score (nSPS) is 13.6.